The number of thiophene rings is 1. The van der Waals surface area contributed by atoms with Crippen LogP contribution in [0.4, 0.5) is 10.5 Å². The van der Waals surface area contributed by atoms with Gasteiger partial charge in [-0.05, 0) is 58.4 Å². The van der Waals surface area contributed by atoms with E-state index in [4.69, 9.17) is 4.74 Å². The molecule has 1 aromatic heterocycles. The summed E-state index contributed by atoms with van der Waals surface area (Å²) in [4.78, 5) is 14.2. The van der Waals surface area contributed by atoms with E-state index in [9.17, 15) is 4.79 Å². The molecule has 5 heteroatoms. The molecule has 2 atom stereocenters. The highest BCUT2D eigenvalue weighted by Crippen LogP contribution is 2.25. The monoisotopic (exact) mass is 310 g/mol. The summed E-state index contributed by atoms with van der Waals surface area (Å²) in [5, 5.41) is 7.66. The number of nitrogens with one attached hydrogen (secondary N) is 1. The van der Waals surface area contributed by atoms with Crippen molar-refractivity contribution in [1.29, 1.82) is 0 Å². The van der Waals surface area contributed by atoms with E-state index in [0.717, 1.165) is 31.5 Å². The molecule has 2 unspecified atom stereocenters. The van der Waals surface area contributed by atoms with Crippen molar-refractivity contribution in [1.82, 2.24) is 4.90 Å². The van der Waals surface area contributed by atoms with E-state index in [1.165, 1.54) is 0 Å². The molecule has 0 spiro atoms. The summed E-state index contributed by atoms with van der Waals surface area (Å²) in [7, 11) is 0. The number of ether oxygens (including phenoxy) is 1. The summed E-state index contributed by atoms with van der Waals surface area (Å²) in [6, 6.07) is 2.70. The van der Waals surface area contributed by atoms with E-state index >= 15 is 0 Å². The van der Waals surface area contributed by atoms with E-state index in [0.29, 0.717) is 6.04 Å². The van der Waals surface area contributed by atoms with Gasteiger partial charge < -0.3 is 15.0 Å². The van der Waals surface area contributed by atoms with Crippen LogP contribution >= 0.6 is 11.3 Å². The number of nitrogens with zero attached hydrogens (tertiary/aromatic N) is 1. The van der Waals surface area contributed by atoms with E-state index in [1.807, 2.05) is 25.7 Å². The summed E-state index contributed by atoms with van der Waals surface area (Å²) in [6.45, 7) is 8.72. The molecular formula is C16H26N2O2S. The third-order valence-corrected chi connectivity index (χ3v) is 4.25. The van der Waals surface area contributed by atoms with Crippen LogP contribution in [-0.2, 0) is 4.74 Å². The first-order valence-electron chi connectivity index (χ1n) is 7.63. The Kier molecular flexibility index (Phi) is 5.14. The lowest BCUT2D eigenvalue weighted by Crippen LogP contribution is -2.41. The average Bonchev–Trinajstić information content (AvgIpc) is 2.97. The van der Waals surface area contributed by atoms with Crippen LogP contribution < -0.4 is 5.32 Å². The zero-order valence-corrected chi connectivity index (χ0v) is 14.2. The molecule has 2 heterocycles. The summed E-state index contributed by atoms with van der Waals surface area (Å²) < 4.78 is 5.51. The number of rotatable bonds is 4. The first-order valence-corrected chi connectivity index (χ1v) is 8.58. The number of hydrogen-bond acceptors (Lipinski definition) is 4. The van der Waals surface area contributed by atoms with Crippen molar-refractivity contribution in [2.45, 2.75) is 64.6 Å². The second-order valence-electron chi connectivity index (χ2n) is 6.76. The van der Waals surface area contributed by atoms with Crippen LogP contribution in [0, 0.1) is 0 Å². The highest BCUT2D eigenvalue weighted by Gasteiger charge is 2.32. The van der Waals surface area contributed by atoms with Gasteiger partial charge in [0.1, 0.15) is 5.60 Å². The Morgan fingerprint density at radius 1 is 1.57 bits per heavy atom. The fraction of sp³-hybridized carbons (Fsp3) is 0.688. The molecule has 0 radical (unpaired) electrons. The van der Waals surface area contributed by atoms with Gasteiger partial charge in [0.2, 0.25) is 0 Å². The molecule has 1 saturated heterocycles. The van der Waals surface area contributed by atoms with Gasteiger partial charge in [-0.1, -0.05) is 0 Å². The van der Waals surface area contributed by atoms with Gasteiger partial charge in [0.15, 0.2) is 0 Å². The third-order valence-electron chi connectivity index (χ3n) is 3.57. The maximum atomic E-state index is 12.3. The van der Waals surface area contributed by atoms with Crippen LogP contribution in [0.1, 0.15) is 47.0 Å². The van der Waals surface area contributed by atoms with Crippen LogP contribution in [0.3, 0.4) is 0 Å². The Labute approximate surface area is 131 Å². The van der Waals surface area contributed by atoms with Crippen molar-refractivity contribution in [2.24, 2.45) is 0 Å². The first kappa shape index (κ1) is 16.1. The standard InChI is InChI=1S/C16H26N2O2S/c1-12(17-13-7-9-21-11-13)10-14-6-5-8-18(14)15(19)20-16(2,3)4/h7,9,11-12,14,17H,5-6,8,10H2,1-4H3. The minimum absolute atomic E-state index is 0.173. The van der Waals surface area contributed by atoms with E-state index < -0.39 is 5.60 Å². The molecule has 118 valence electrons. The summed E-state index contributed by atoms with van der Waals surface area (Å²) in [5.74, 6) is 0. The SMILES string of the molecule is CC(CC1CCCN1C(=O)OC(C)(C)C)Nc1ccsc1. The van der Waals surface area contributed by atoms with Crippen molar-refractivity contribution in [2.75, 3.05) is 11.9 Å². The Morgan fingerprint density at radius 2 is 2.33 bits per heavy atom. The van der Waals surface area contributed by atoms with Crippen LogP contribution in [-0.4, -0.2) is 35.2 Å². The fourth-order valence-electron chi connectivity index (χ4n) is 2.74. The van der Waals surface area contributed by atoms with Gasteiger partial charge in [-0.3, -0.25) is 0 Å². The smallest absolute Gasteiger partial charge is 0.410 e. The number of carbonyl (C=O) groups is 1. The molecule has 1 N–H and O–H groups in total. The number of anilines is 1. The van der Waals surface area contributed by atoms with Crippen molar-refractivity contribution in [3.8, 4) is 0 Å². The Hall–Kier alpha value is -1.23. The molecule has 0 bridgehead atoms. The van der Waals surface area contributed by atoms with E-state index in [1.54, 1.807) is 11.3 Å². The summed E-state index contributed by atoms with van der Waals surface area (Å²) in [5.41, 5.74) is 0.736. The molecule has 1 aromatic rings. The predicted octanol–water partition coefficient (Wildman–Crippen LogP) is 4.34. The van der Waals surface area contributed by atoms with Crippen LogP contribution in [0.25, 0.3) is 0 Å². The largest absolute Gasteiger partial charge is 0.444 e. The number of likely N-dealkylation sites (tertiary alicyclic amines) is 1. The number of amides is 1. The molecule has 1 amide bonds. The highest BCUT2D eigenvalue weighted by atomic mass is 32.1. The van der Waals surface area contributed by atoms with Gasteiger partial charge in [-0.25, -0.2) is 4.79 Å². The average molecular weight is 310 g/mol. The maximum Gasteiger partial charge on any atom is 0.410 e. The molecule has 21 heavy (non-hydrogen) atoms. The van der Waals surface area contributed by atoms with Gasteiger partial charge in [-0.2, -0.15) is 11.3 Å². The number of hydrogen-bond donors (Lipinski definition) is 1. The molecule has 1 aliphatic heterocycles. The lowest BCUT2D eigenvalue weighted by Gasteiger charge is -2.30. The lowest BCUT2D eigenvalue weighted by atomic mass is 10.1. The minimum Gasteiger partial charge on any atom is -0.444 e. The van der Waals surface area contributed by atoms with Gasteiger partial charge in [0, 0.05) is 29.7 Å². The van der Waals surface area contributed by atoms with Crippen molar-refractivity contribution in [3.63, 3.8) is 0 Å². The highest BCUT2D eigenvalue weighted by molar-refractivity contribution is 7.08. The lowest BCUT2D eigenvalue weighted by molar-refractivity contribution is 0.0218. The molecule has 0 saturated carbocycles. The minimum atomic E-state index is -0.426. The van der Waals surface area contributed by atoms with Gasteiger partial charge >= 0.3 is 6.09 Å². The quantitative estimate of drug-likeness (QED) is 0.899. The molecule has 1 fully saturated rings. The van der Waals surface area contributed by atoms with Crippen LogP contribution in [0.5, 0.6) is 0 Å². The van der Waals surface area contributed by atoms with Crippen LogP contribution in [0.2, 0.25) is 0 Å². The Balaban J connectivity index is 1.88. The molecule has 2 rings (SSSR count). The zero-order chi connectivity index (χ0) is 15.5. The Bertz CT molecular complexity index is 453. The molecular weight excluding hydrogens is 284 g/mol. The molecule has 0 aliphatic carbocycles. The van der Waals surface area contributed by atoms with E-state index in [2.05, 4.69) is 29.1 Å². The summed E-state index contributed by atoms with van der Waals surface area (Å²) in [6.07, 6.45) is 2.91. The molecule has 1 aliphatic rings. The van der Waals surface area contributed by atoms with Crippen molar-refractivity contribution in [3.05, 3.63) is 16.8 Å². The van der Waals surface area contributed by atoms with Crippen LogP contribution in [0.15, 0.2) is 16.8 Å². The normalized spacial score (nSPS) is 20.4. The third kappa shape index (κ3) is 4.92. The maximum absolute atomic E-state index is 12.3. The molecule has 0 aromatic carbocycles. The first-order chi connectivity index (χ1) is 9.85. The zero-order valence-electron chi connectivity index (χ0n) is 13.4. The number of carbonyl (C=O) groups excluding carboxylic acids is 1. The topological polar surface area (TPSA) is 41.6 Å². The Morgan fingerprint density at radius 3 is 2.95 bits per heavy atom. The van der Waals surface area contributed by atoms with Gasteiger partial charge in [0.05, 0.1) is 0 Å². The van der Waals surface area contributed by atoms with Gasteiger partial charge in [0.25, 0.3) is 0 Å². The summed E-state index contributed by atoms with van der Waals surface area (Å²) >= 11 is 1.69. The van der Waals surface area contributed by atoms with Gasteiger partial charge in [-0.15, -0.1) is 0 Å². The van der Waals surface area contributed by atoms with E-state index in [-0.39, 0.29) is 12.1 Å². The fourth-order valence-corrected chi connectivity index (χ4v) is 3.34. The van der Waals surface area contributed by atoms with Crippen molar-refractivity contribution < 1.29 is 9.53 Å². The second kappa shape index (κ2) is 6.69. The predicted molar refractivity (Wildman–Crippen MR) is 88.0 cm³/mol. The molecule has 4 nitrogen and oxygen atoms in total. The second-order valence-corrected chi connectivity index (χ2v) is 7.54. The van der Waals surface area contributed by atoms with Crippen molar-refractivity contribution >= 4 is 23.1 Å².